The standard InChI is InChI=1S/C10H15FN2/c1-7(8(2)12-3)10-5-4-9(11)6-13-10/h4-8,12H,1-3H3. The zero-order valence-electron chi connectivity index (χ0n) is 8.21. The molecular weight excluding hydrogens is 167 g/mol. The van der Waals surface area contributed by atoms with E-state index in [4.69, 9.17) is 0 Å². The van der Waals surface area contributed by atoms with Crippen LogP contribution in [0.15, 0.2) is 18.3 Å². The molecule has 2 unspecified atom stereocenters. The summed E-state index contributed by atoms with van der Waals surface area (Å²) < 4.78 is 12.6. The van der Waals surface area contributed by atoms with Gasteiger partial charge in [-0.15, -0.1) is 0 Å². The minimum absolute atomic E-state index is 0.284. The van der Waals surface area contributed by atoms with E-state index in [-0.39, 0.29) is 5.82 Å². The van der Waals surface area contributed by atoms with E-state index in [1.165, 1.54) is 12.3 Å². The number of nitrogens with zero attached hydrogens (tertiary/aromatic N) is 1. The number of rotatable bonds is 3. The first-order valence-corrected chi connectivity index (χ1v) is 4.44. The monoisotopic (exact) mass is 182 g/mol. The Kier molecular flexibility index (Phi) is 3.37. The lowest BCUT2D eigenvalue weighted by molar-refractivity contribution is 0.512. The first kappa shape index (κ1) is 10.1. The van der Waals surface area contributed by atoms with Gasteiger partial charge in [-0.25, -0.2) is 4.39 Å². The lowest BCUT2D eigenvalue weighted by atomic mass is 9.99. The number of likely N-dealkylation sites (N-methyl/N-ethyl adjacent to an activating group) is 1. The highest BCUT2D eigenvalue weighted by atomic mass is 19.1. The maximum absolute atomic E-state index is 12.6. The molecule has 1 aromatic rings. The summed E-state index contributed by atoms with van der Waals surface area (Å²) in [6.07, 6.45) is 1.26. The lowest BCUT2D eigenvalue weighted by Crippen LogP contribution is -2.27. The molecule has 0 saturated heterocycles. The van der Waals surface area contributed by atoms with Crippen molar-refractivity contribution in [3.63, 3.8) is 0 Å². The maximum atomic E-state index is 12.6. The smallest absolute Gasteiger partial charge is 0.141 e. The fraction of sp³-hybridized carbons (Fsp3) is 0.500. The summed E-state index contributed by atoms with van der Waals surface area (Å²) in [7, 11) is 1.91. The zero-order valence-corrected chi connectivity index (χ0v) is 8.21. The summed E-state index contributed by atoms with van der Waals surface area (Å²) in [5.74, 6) is 0.0126. The van der Waals surface area contributed by atoms with Crippen LogP contribution in [0.25, 0.3) is 0 Å². The van der Waals surface area contributed by atoms with Gasteiger partial charge in [-0.1, -0.05) is 6.92 Å². The molecule has 0 aliphatic carbocycles. The summed E-state index contributed by atoms with van der Waals surface area (Å²) >= 11 is 0. The number of hydrogen-bond acceptors (Lipinski definition) is 2. The van der Waals surface area contributed by atoms with Crippen molar-refractivity contribution in [2.75, 3.05) is 7.05 Å². The summed E-state index contributed by atoms with van der Waals surface area (Å²) in [6.45, 7) is 4.15. The van der Waals surface area contributed by atoms with Crippen LogP contribution >= 0.6 is 0 Å². The molecule has 0 aliphatic rings. The van der Waals surface area contributed by atoms with Gasteiger partial charge in [-0.2, -0.15) is 0 Å². The predicted octanol–water partition coefficient (Wildman–Crippen LogP) is 1.93. The summed E-state index contributed by atoms with van der Waals surface area (Å²) in [4.78, 5) is 4.03. The van der Waals surface area contributed by atoms with Crippen molar-refractivity contribution in [3.8, 4) is 0 Å². The fourth-order valence-electron chi connectivity index (χ4n) is 1.16. The van der Waals surface area contributed by atoms with Gasteiger partial charge in [0.2, 0.25) is 0 Å². The molecule has 2 atom stereocenters. The van der Waals surface area contributed by atoms with E-state index >= 15 is 0 Å². The molecule has 0 saturated carbocycles. The highest BCUT2D eigenvalue weighted by molar-refractivity contribution is 5.11. The van der Waals surface area contributed by atoms with Crippen molar-refractivity contribution < 1.29 is 4.39 Å². The average Bonchev–Trinajstić information content (AvgIpc) is 2.17. The Morgan fingerprint density at radius 2 is 2.08 bits per heavy atom. The van der Waals surface area contributed by atoms with Gasteiger partial charge in [0.1, 0.15) is 5.82 Å². The SMILES string of the molecule is CNC(C)C(C)c1ccc(F)cn1. The number of hydrogen-bond donors (Lipinski definition) is 1. The van der Waals surface area contributed by atoms with Crippen molar-refractivity contribution in [3.05, 3.63) is 29.8 Å². The Morgan fingerprint density at radius 1 is 1.38 bits per heavy atom. The molecule has 1 aromatic heterocycles. The highest BCUT2D eigenvalue weighted by Crippen LogP contribution is 2.16. The molecule has 3 heteroatoms. The third-order valence-corrected chi connectivity index (χ3v) is 2.42. The third kappa shape index (κ3) is 2.49. The van der Waals surface area contributed by atoms with E-state index in [2.05, 4.69) is 24.1 Å². The maximum Gasteiger partial charge on any atom is 0.141 e. The minimum atomic E-state index is -0.284. The van der Waals surface area contributed by atoms with Crippen LogP contribution in [0.4, 0.5) is 4.39 Å². The second-order valence-electron chi connectivity index (χ2n) is 3.27. The second-order valence-corrected chi connectivity index (χ2v) is 3.27. The molecule has 0 spiro atoms. The molecule has 0 aliphatic heterocycles. The summed E-state index contributed by atoms with van der Waals surface area (Å²) in [5, 5.41) is 3.14. The van der Waals surface area contributed by atoms with Crippen LogP contribution in [0.1, 0.15) is 25.5 Å². The first-order chi connectivity index (χ1) is 6.15. The van der Waals surface area contributed by atoms with Crippen LogP contribution in [-0.2, 0) is 0 Å². The Labute approximate surface area is 78.2 Å². The Balaban J connectivity index is 2.77. The van der Waals surface area contributed by atoms with Crippen molar-refractivity contribution in [1.29, 1.82) is 0 Å². The molecule has 0 fully saturated rings. The Bertz CT molecular complexity index is 258. The third-order valence-electron chi connectivity index (χ3n) is 2.42. The quantitative estimate of drug-likeness (QED) is 0.772. The number of pyridine rings is 1. The van der Waals surface area contributed by atoms with Crippen molar-refractivity contribution in [2.45, 2.75) is 25.8 Å². The zero-order chi connectivity index (χ0) is 9.84. The minimum Gasteiger partial charge on any atom is -0.317 e. The van der Waals surface area contributed by atoms with Gasteiger partial charge in [0.05, 0.1) is 6.20 Å². The van der Waals surface area contributed by atoms with E-state index in [0.717, 1.165) is 5.69 Å². The first-order valence-electron chi connectivity index (χ1n) is 4.44. The number of halogens is 1. The van der Waals surface area contributed by atoms with Crippen LogP contribution in [0.2, 0.25) is 0 Å². The van der Waals surface area contributed by atoms with Crippen LogP contribution in [0.5, 0.6) is 0 Å². The highest BCUT2D eigenvalue weighted by Gasteiger charge is 2.13. The lowest BCUT2D eigenvalue weighted by Gasteiger charge is -2.18. The molecule has 0 bridgehead atoms. The molecule has 0 aromatic carbocycles. The van der Waals surface area contributed by atoms with Crippen LogP contribution in [-0.4, -0.2) is 18.1 Å². The largest absolute Gasteiger partial charge is 0.317 e. The van der Waals surface area contributed by atoms with Crippen LogP contribution in [0, 0.1) is 5.82 Å². The van der Waals surface area contributed by atoms with Crippen molar-refractivity contribution >= 4 is 0 Å². The van der Waals surface area contributed by atoms with Gasteiger partial charge in [0, 0.05) is 17.7 Å². The summed E-state index contributed by atoms with van der Waals surface area (Å²) in [5.41, 5.74) is 0.920. The van der Waals surface area contributed by atoms with Crippen LogP contribution < -0.4 is 5.32 Å². The van der Waals surface area contributed by atoms with Gasteiger partial charge < -0.3 is 5.32 Å². The van der Waals surface area contributed by atoms with Gasteiger partial charge in [-0.3, -0.25) is 4.98 Å². The average molecular weight is 182 g/mol. The van der Waals surface area contributed by atoms with Crippen molar-refractivity contribution in [2.24, 2.45) is 0 Å². The molecular formula is C10H15FN2. The Morgan fingerprint density at radius 3 is 2.54 bits per heavy atom. The number of aromatic nitrogens is 1. The Hall–Kier alpha value is -0.960. The molecule has 2 nitrogen and oxygen atoms in total. The molecule has 1 heterocycles. The predicted molar refractivity (Wildman–Crippen MR) is 51.1 cm³/mol. The van der Waals surface area contributed by atoms with E-state index < -0.39 is 0 Å². The normalized spacial score (nSPS) is 15.4. The van der Waals surface area contributed by atoms with Gasteiger partial charge in [-0.05, 0) is 26.1 Å². The van der Waals surface area contributed by atoms with Gasteiger partial charge in [0.15, 0.2) is 0 Å². The van der Waals surface area contributed by atoms with Crippen LogP contribution in [0.3, 0.4) is 0 Å². The summed E-state index contributed by atoms with van der Waals surface area (Å²) in [6, 6.07) is 3.52. The fourth-order valence-corrected chi connectivity index (χ4v) is 1.16. The molecule has 0 amide bonds. The molecule has 0 radical (unpaired) electrons. The number of nitrogens with one attached hydrogen (secondary N) is 1. The topological polar surface area (TPSA) is 24.9 Å². The molecule has 1 N–H and O–H groups in total. The van der Waals surface area contributed by atoms with E-state index in [1.807, 2.05) is 7.05 Å². The molecule has 72 valence electrons. The van der Waals surface area contributed by atoms with Crippen molar-refractivity contribution in [1.82, 2.24) is 10.3 Å². The second kappa shape index (κ2) is 4.33. The van der Waals surface area contributed by atoms with E-state index in [1.54, 1.807) is 6.07 Å². The van der Waals surface area contributed by atoms with E-state index in [9.17, 15) is 4.39 Å². The van der Waals surface area contributed by atoms with E-state index in [0.29, 0.717) is 12.0 Å². The molecule has 13 heavy (non-hydrogen) atoms. The van der Waals surface area contributed by atoms with Gasteiger partial charge >= 0.3 is 0 Å². The molecule has 1 rings (SSSR count). The van der Waals surface area contributed by atoms with Gasteiger partial charge in [0.25, 0.3) is 0 Å².